The molecule has 1 N–H and O–H groups in total. The lowest BCUT2D eigenvalue weighted by molar-refractivity contribution is 0.317. The van der Waals surface area contributed by atoms with E-state index < -0.39 is 0 Å². The predicted molar refractivity (Wildman–Crippen MR) is 121 cm³/mol. The van der Waals surface area contributed by atoms with Crippen LogP contribution in [0.15, 0.2) is 81.3 Å². The van der Waals surface area contributed by atoms with Gasteiger partial charge in [0.05, 0.1) is 5.71 Å². The maximum absolute atomic E-state index is 12.1. The van der Waals surface area contributed by atoms with E-state index >= 15 is 0 Å². The average Bonchev–Trinajstić information content (AvgIpc) is 2.71. The van der Waals surface area contributed by atoms with Crippen LogP contribution in [0.1, 0.15) is 54.5 Å². The van der Waals surface area contributed by atoms with Crippen LogP contribution >= 0.6 is 15.9 Å². The van der Waals surface area contributed by atoms with E-state index in [-0.39, 0.29) is 17.5 Å². The van der Waals surface area contributed by atoms with E-state index in [0.717, 1.165) is 15.6 Å². The highest BCUT2D eigenvalue weighted by Crippen LogP contribution is 2.32. The second-order valence-electron chi connectivity index (χ2n) is 7.47. The number of nitrogens with zero attached hydrogens (tertiary/aromatic N) is 2. The van der Waals surface area contributed by atoms with E-state index in [2.05, 4.69) is 52.3 Å². The second kappa shape index (κ2) is 9.23. The van der Waals surface area contributed by atoms with Crippen LogP contribution in [0.4, 0.5) is 0 Å². The van der Waals surface area contributed by atoms with Crippen LogP contribution in [0.3, 0.4) is 0 Å². The van der Waals surface area contributed by atoms with E-state index in [1.165, 1.54) is 17.2 Å². The standard InChI is InChI=1S/C24H25BrN2O2/c1-16(2)27-15-19(10-13-24(27)28)23(26-29)14-22(18-8-11-20(25)12-9-18)21-7-5-4-6-17(21)3/h4-13,15-16,22,29H,14H2,1-3H3/b26-23-. The zero-order valence-corrected chi connectivity index (χ0v) is 18.4. The lowest BCUT2D eigenvalue weighted by atomic mass is 9.83. The lowest BCUT2D eigenvalue weighted by Crippen LogP contribution is -2.22. The summed E-state index contributed by atoms with van der Waals surface area (Å²) in [6, 6.07) is 19.8. The molecule has 1 heterocycles. The Balaban J connectivity index is 2.05. The molecule has 0 aliphatic heterocycles. The first-order valence-corrected chi connectivity index (χ1v) is 10.4. The fourth-order valence-corrected chi connectivity index (χ4v) is 3.83. The molecule has 150 valence electrons. The molecule has 0 aliphatic carbocycles. The number of rotatable bonds is 6. The maximum atomic E-state index is 12.1. The summed E-state index contributed by atoms with van der Waals surface area (Å²) in [5.41, 5.74) is 4.75. The molecule has 0 fully saturated rings. The molecule has 1 aromatic heterocycles. The van der Waals surface area contributed by atoms with Gasteiger partial charge in [-0.2, -0.15) is 0 Å². The molecule has 5 heteroatoms. The Bertz CT molecular complexity index is 1070. The molecule has 0 spiro atoms. The van der Waals surface area contributed by atoms with Crippen molar-refractivity contribution in [1.82, 2.24) is 4.57 Å². The molecule has 1 atom stereocenters. The fourth-order valence-electron chi connectivity index (χ4n) is 3.57. The Labute approximate surface area is 179 Å². The number of halogens is 1. The van der Waals surface area contributed by atoms with Gasteiger partial charge >= 0.3 is 0 Å². The Kier molecular flexibility index (Phi) is 6.70. The molecule has 0 saturated carbocycles. The first kappa shape index (κ1) is 21.1. The molecule has 1 unspecified atom stereocenters. The first-order chi connectivity index (χ1) is 13.9. The van der Waals surface area contributed by atoms with Gasteiger partial charge in [-0.05, 0) is 55.7 Å². The third-order valence-electron chi connectivity index (χ3n) is 5.18. The highest BCUT2D eigenvalue weighted by atomic mass is 79.9. The monoisotopic (exact) mass is 452 g/mol. The minimum atomic E-state index is -0.0654. The molecule has 3 rings (SSSR count). The number of aromatic nitrogens is 1. The normalized spacial score (nSPS) is 12.9. The largest absolute Gasteiger partial charge is 0.411 e. The van der Waals surface area contributed by atoms with Crippen molar-refractivity contribution >= 4 is 21.6 Å². The predicted octanol–water partition coefficient (Wildman–Crippen LogP) is 5.90. The van der Waals surface area contributed by atoms with Crippen LogP contribution < -0.4 is 5.56 Å². The van der Waals surface area contributed by atoms with Crippen molar-refractivity contribution in [3.05, 3.63) is 104 Å². The quantitative estimate of drug-likeness (QED) is 0.287. The van der Waals surface area contributed by atoms with Crippen molar-refractivity contribution in [2.75, 3.05) is 0 Å². The lowest BCUT2D eigenvalue weighted by Gasteiger charge is -2.21. The summed E-state index contributed by atoms with van der Waals surface area (Å²) in [6.45, 7) is 6.01. The summed E-state index contributed by atoms with van der Waals surface area (Å²) in [6.07, 6.45) is 2.29. The summed E-state index contributed by atoms with van der Waals surface area (Å²) in [4.78, 5) is 12.1. The molecular formula is C24H25BrN2O2. The van der Waals surface area contributed by atoms with Gasteiger partial charge in [0.25, 0.3) is 5.56 Å². The Morgan fingerprint density at radius 2 is 1.76 bits per heavy atom. The SMILES string of the molecule is Cc1ccccc1C(C/C(=N/O)c1ccc(=O)n(C(C)C)c1)c1ccc(Br)cc1. The highest BCUT2D eigenvalue weighted by molar-refractivity contribution is 9.10. The van der Waals surface area contributed by atoms with Gasteiger partial charge in [-0.25, -0.2) is 0 Å². The topological polar surface area (TPSA) is 54.6 Å². The van der Waals surface area contributed by atoms with Gasteiger partial charge < -0.3 is 9.77 Å². The van der Waals surface area contributed by atoms with Crippen LogP contribution in [0, 0.1) is 6.92 Å². The number of benzene rings is 2. The van der Waals surface area contributed by atoms with Crippen molar-refractivity contribution in [2.24, 2.45) is 5.16 Å². The van der Waals surface area contributed by atoms with Gasteiger partial charge in [-0.1, -0.05) is 57.5 Å². The summed E-state index contributed by atoms with van der Waals surface area (Å²) >= 11 is 3.50. The summed E-state index contributed by atoms with van der Waals surface area (Å²) in [5, 5.41) is 13.4. The number of oxime groups is 1. The summed E-state index contributed by atoms with van der Waals surface area (Å²) in [7, 11) is 0. The fraction of sp³-hybridized carbons (Fsp3) is 0.250. The second-order valence-corrected chi connectivity index (χ2v) is 8.38. The van der Waals surface area contributed by atoms with Crippen molar-refractivity contribution in [3.8, 4) is 0 Å². The van der Waals surface area contributed by atoms with Crippen molar-refractivity contribution in [3.63, 3.8) is 0 Å². The number of aryl methyl sites for hydroxylation is 1. The smallest absolute Gasteiger partial charge is 0.250 e. The zero-order valence-electron chi connectivity index (χ0n) is 16.8. The first-order valence-electron chi connectivity index (χ1n) is 9.65. The average molecular weight is 453 g/mol. The third-order valence-corrected chi connectivity index (χ3v) is 5.71. The van der Waals surface area contributed by atoms with Gasteiger partial charge in [0.2, 0.25) is 0 Å². The van der Waals surface area contributed by atoms with E-state index in [9.17, 15) is 10.0 Å². The van der Waals surface area contributed by atoms with E-state index in [1.807, 2.05) is 38.1 Å². The van der Waals surface area contributed by atoms with Gasteiger partial charge in [0, 0.05) is 40.7 Å². The molecule has 29 heavy (non-hydrogen) atoms. The van der Waals surface area contributed by atoms with Crippen LogP contribution in [-0.2, 0) is 0 Å². The summed E-state index contributed by atoms with van der Waals surface area (Å²) in [5.74, 6) is 0.0228. The zero-order chi connectivity index (χ0) is 21.0. The number of pyridine rings is 1. The molecule has 0 saturated heterocycles. The summed E-state index contributed by atoms with van der Waals surface area (Å²) < 4.78 is 2.67. The molecular weight excluding hydrogens is 428 g/mol. The van der Waals surface area contributed by atoms with Crippen LogP contribution in [0.2, 0.25) is 0 Å². The Hall–Kier alpha value is -2.66. The van der Waals surface area contributed by atoms with Crippen molar-refractivity contribution < 1.29 is 5.21 Å². The molecule has 0 bridgehead atoms. The molecule has 3 aromatic rings. The van der Waals surface area contributed by atoms with Gasteiger partial charge in [-0.3, -0.25) is 4.79 Å². The molecule has 0 aliphatic rings. The molecule has 4 nitrogen and oxygen atoms in total. The van der Waals surface area contributed by atoms with Gasteiger partial charge in [-0.15, -0.1) is 0 Å². The Morgan fingerprint density at radius 1 is 1.07 bits per heavy atom. The van der Waals surface area contributed by atoms with E-state index in [0.29, 0.717) is 12.1 Å². The van der Waals surface area contributed by atoms with Gasteiger partial charge in [0.1, 0.15) is 0 Å². The maximum Gasteiger partial charge on any atom is 0.250 e. The minimum Gasteiger partial charge on any atom is -0.411 e. The highest BCUT2D eigenvalue weighted by Gasteiger charge is 2.21. The third kappa shape index (κ3) is 4.85. The van der Waals surface area contributed by atoms with Crippen LogP contribution in [0.25, 0.3) is 0 Å². The number of hydrogen-bond acceptors (Lipinski definition) is 3. The Morgan fingerprint density at radius 3 is 2.38 bits per heavy atom. The van der Waals surface area contributed by atoms with Crippen molar-refractivity contribution in [2.45, 2.75) is 39.2 Å². The minimum absolute atomic E-state index is 0.0228. The molecule has 0 radical (unpaired) electrons. The molecule has 2 aromatic carbocycles. The van der Waals surface area contributed by atoms with Gasteiger partial charge in [0.15, 0.2) is 0 Å². The molecule has 0 amide bonds. The van der Waals surface area contributed by atoms with Crippen LogP contribution in [-0.4, -0.2) is 15.5 Å². The number of hydrogen-bond donors (Lipinski definition) is 1. The van der Waals surface area contributed by atoms with Crippen molar-refractivity contribution in [1.29, 1.82) is 0 Å². The van der Waals surface area contributed by atoms with E-state index in [1.54, 1.807) is 16.8 Å². The van der Waals surface area contributed by atoms with Crippen LogP contribution in [0.5, 0.6) is 0 Å². The van der Waals surface area contributed by atoms with E-state index in [4.69, 9.17) is 0 Å².